The second kappa shape index (κ2) is 6.18. The Hall–Kier alpha value is -0.380. The van der Waals surface area contributed by atoms with Crippen LogP contribution in [0.3, 0.4) is 0 Å². The van der Waals surface area contributed by atoms with Gasteiger partial charge in [0.1, 0.15) is 0 Å². The van der Waals surface area contributed by atoms with Crippen molar-refractivity contribution in [2.24, 2.45) is 5.73 Å². The molecular weight excluding hydrogens is 288 g/mol. The first-order valence-corrected chi connectivity index (χ1v) is 7.65. The van der Waals surface area contributed by atoms with Crippen molar-refractivity contribution in [2.75, 3.05) is 7.05 Å². The monoisotopic (exact) mass is 310 g/mol. The van der Waals surface area contributed by atoms with Crippen LogP contribution < -0.4 is 5.73 Å². The van der Waals surface area contributed by atoms with Crippen LogP contribution in [-0.2, 0) is 0 Å². The maximum Gasteiger partial charge on any atom is 0.0498 e. The molecule has 1 aliphatic rings. The first kappa shape index (κ1) is 14.0. The van der Waals surface area contributed by atoms with Crippen molar-refractivity contribution in [3.05, 3.63) is 34.3 Å². The smallest absolute Gasteiger partial charge is 0.0498 e. The van der Waals surface area contributed by atoms with Crippen molar-refractivity contribution in [1.29, 1.82) is 0 Å². The predicted molar refractivity (Wildman–Crippen MR) is 80.6 cm³/mol. The molecule has 1 aromatic rings. The van der Waals surface area contributed by atoms with Gasteiger partial charge in [0, 0.05) is 22.6 Å². The molecule has 3 heteroatoms. The van der Waals surface area contributed by atoms with Crippen LogP contribution in [0.15, 0.2) is 28.7 Å². The molecular formula is C15H23BrN2. The van der Waals surface area contributed by atoms with E-state index in [9.17, 15) is 0 Å². The summed E-state index contributed by atoms with van der Waals surface area (Å²) in [4.78, 5) is 2.49. The molecule has 1 aliphatic carbocycles. The molecule has 1 saturated carbocycles. The quantitative estimate of drug-likeness (QED) is 0.898. The Morgan fingerprint density at radius 3 is 2.39 bits per heavy atom. The molecule has 1 aromatic carbocycles. The Kier molecular flexibility index (Phi) is 4.82. The SMILES string of the molecule is CCC(N)C(c1ccc(Br)cc1)N(C)C1CCC1. The van der Waals surface area contributed by atoms with E-state index in [2.05, 4.69) is 59.1 Å². The third-order valence-electron chi connectivity index (χ3n) is 4.18. The molecule has 0 bridgehead atoms. The molecule has 1 fully saturated rings. The number of hydrogen-bond acceptors (Lipinski definition) is 2. The van der Waals surface area contributed by atoms with Crippen molar-refractivity contribution in [3.8, 4) is 0 Å². The summed E-state index contributed by atoms with van der Waals surface area (Å²) in [5.74, 6) is 0. The predicted octanol–water partition coefficient (Wildman–Crippen LogP) is 3.71. The van der Waals surface area contributed by atoms with Crippen LogP contribution in [0.4, 0.5) is 0 Å². The van der Waals surface area contributed by atoms with Crippen LogP contribution >= 0.6 is 15.9 Å². The van der Waals surface area contributed by atoms with Gasteiger partial charge in [0.05, 0.1) is 0 Å². The van der Waals surface area contributed by atoms with E-state index in [-0.39, 0.29) is 6.04 Å². The summed E-state index contributed by atoms with van der Waals surface area (Å²) in [6.45, 7) is 2.17. The van der Waals surface area contributed by atoms with Crippen LogP contribution in [0.25, 0.3) is 0 Å². The largest absolute Gasteiger partial charge is 0.326 e. The van der Waals surface area contributed by atoms with Crippen molar-refractivity contribution < 1.29 is 0 Å². The molecule has 0 aliphatic heterocycles. The topological polar surface area (TPSA) is 29.3 Å². The first-order valence-electron chi connectivity index (χ1n) is 6.86. The summed E-state index contributed by atoms with van der Waals surface area (Å²) in [5, 5.41) is 0. The summed E-state index contributed by atoms with van der Waals surface area (Å²) < 4.78 is 1.13. The molecule has 0 saturated heterocycles. The number of likely N-dealkylation sites (N-methyl/N-ethyl adjacent to an activating group) is 1. The van der Waals surface area contributed by atoms with Crippen LogP contribution in [0.5, 0.6) is 0 Å². The summed E-state index contributed by atoms with van der Waals surface area (Å²) in [5.41, 5.74) is 7.69. The number of nitrogens with two attached hydrogens (primary N) is 1. The van der Waals surface area contributed by atoms with E-state index < -0.39 is 0 Å². The number of benzene rings is 1. The van der Waals surface area contributed by atoms with Gasteiger partial charge < -0.3 is 5.73 Å². The molecule has 18 heavy (non-hydrogen) atoms. The average molecular weight is 311 g/mol. The highest BCUT2D eigenvalue weighted by Gasteiger charge is 2.31. The highest BCUT2D eigenvalue weighted by Crippen LogP contribution is 2.33. The van der Waals surface area contributed by atoms with E-state index in [0.717, 1.165) is 16.9 Å². The van der Waals surface area contributed by atoms with Crippen LogP contribution in [-0.4, -0.2) is 24.0 Å². The van der Waals surface area contributed by atoms with Gasteiger partial charge in [-0.25, -0.2) is 0 Å². The number of hydrogen-bond donors (Lipinski definition) is 1. The molecule has 2 nitrogen and oxygen atoms in total. The fraction of sp³-hybridized carbons (Fsp3) is 0.600. The highest BCUT2D eigenvalue weighted by molar-refractivity contribution is 9.10. The van der Waals surface area contributed by atoms with Gasteiger partial charge in [-0.1, -0.05) is 41.4 Å². The van der Waals surface area contributed by atoms with Gasteiger partial charge in [-0.3, -0.25) is 4.90 Å². The Balaban J connectivity index is 2.20. The maximum absolute atomic E-state index is 6.35. The third kappa shape index (κ3) is 2.95. The lowest BCUT2D eigenvalue weighted by Gasteiger charge is -2.42. The zero-order valence-electron chi connectivity index (χ0n) is 11.3. The lowest BCUT2D eigenvalue weighted by Crippen LogP contribution is -2.46. The third-order valence-corrected chi connectivity index (χ3v) is 4.71. The molecule has 2 rings (SSSR count). The number of halogens is 1. The summed E-state index contributed by atoms with van der Waals surface area (Å²) >= 11 is 3.49. The second-order valence-electron chi connectivity index (χ2n) is 5.32. The van der Waals surface area contributed by atoms with E-state index in [4.69, 9.17) is 5.73 Å². The minimum Gasteiger partial charge on any atom is -0.326 e. The molecule has 0 aromatic heterocycles. The Morgan fingerprint density at radius 1 is 1.33 bits per heavy atom. The number of rotatable bonds is 5. The summed E-state index contributed by atoms with van der Waals surface area (Å²) in [7, 11) is 2.23. The van der Waals surface area contributed by atoms with Crippen LogP contribution in [0, 0.1) is 0 Å². The highest BCUT2D eigenvalue weighted by atomic mass is 79.9. The van der Waals surface area contributed by atoms with Crippen molar-refractivity contribution in [2.45, 2.75) is 50.7 Å². The van der Waals surface area contributed by atoms with Crippen molar-refractivity contribution in [3.63, 3.8) is 0 Å². The Labute approximate surface area is 119 Å². The van der Waals surface area contributed by atoms with Gasteiger partial charge in [0.25, 0.3) is 0 Å². The normalized spacial score (nSPS) is 19.6. The van der Waals surface area contributed by atoms with Gasteiger partial charge in [0.2, 0.25) is 0 Å². The fourth-order valence-electron chi connectivity index (χ4n) is 2.69. The molecule has 100 valence electrons. The minimum absolute atomic E-state index is 0.205. The zero-order valence-corrected chi connectivity index (χ0v) is 12.9. The van der Waals surface area contributed by atoms with E-state index >= 15 is 0 Å². The maximum atomic E-state index is 6.35. The lowest BCUT2D eigenvalue weighted by atomic mass is 9.87. The van der Waals surface area contributed by atoms with Crippen molar-refractivity contribution >= 4 is 15.9 Å². The van der Waals surface area contributed by atoms with Gasteiger partial charge in [-0.15, -0.1) is 0 Å². The zero-order chi connectivity index (χ0) is 13.1. The van der Waals surface area contributed by atoms with E-state index in [1.165, 1.54) is 24.8 Å². The molecule has 2 atom stereocenters. The molecule has 2 unspecified atom stereocenters. The Bertz CT molecular complexity index is 373. The lowest BCUT2D eigenvalue weighted by molar-refractivity contribution is 0.0938. The van der Waals surface area contributed by atoms with Gasteiger partial charge in [-0.2, -0.15) is 0 Å². The standard InChI is InChI=1S/C15H23BrN2/c1-3-14(17)15(18(2)13-5-4-6-13)11-7-9-12(16)10-8-11/h7-10,13-15H,3-6,17H2,1-2H3. The van der Waals surface area contributed by atoms with Gasteiger partial charge in [0.15, 0.2) is 0 Å². The molecule has 0 amide bonds. The second-order valence-corrected chi connectivity index (χ2v) is 6.23. The minimum atomic E-state index is 0.205. The number of nitrogens with zero attached hydrogens (tertiary/aromatic N) is 1. The summed E-state index contributed by atoms with van der Waals surface area (Å²) in [6, 6.07) is 9.87. The first-order chi connectivity index (χ1) is 8.63. The van der Waals surface area contributed by atoms with Crippen molar-refractivity contribution in [1.82, 2.24) is 4.90 Å². The van der Waals surface area contributed by atoms with E-state index in [0.29, 0.717) is 6.04 Å². The van der Waals surface area contributed by atoms with Gasteiger partial charge >= 0.3 is 0 Å². The molecule has 0 spiro atoms. The Morgan fingerprint density at radius 2 is 1.94 bits per heavy atom. The molecule has 0 heterocycles. The van der Waals surface area contributed by atoms with E-state index in [1.807, 2.05) is 0 Å². The van der Waals surface area contributed by atoms with E-state index in [1.54, 1.807) is 0 Å². The fourth-order valence-corrected chi connectivity index (χ4v) is 2.95. The average Bonchev–Trinajstić information content (AvgIpc) is 2.29. The summed E-state index contributed by atoms with van der Waals surface area (Å²) in [6.07, 6.45) is 5.02. The van der Waals surface area contributed by atoms with Crippen LogP contribution in [0.1, 0.15) is 44.2 Å². The molecule has 0 radical (unpaired) electrons. The van der Waals surface area contributed by atoms with Crippen LogP contribution in [0.2, 0.25) is 0 Å². The van der Waals surface area contributed by atoms with Gasteiger partial charge in [-0.05, 0) is 44.0 Å². The molecule has 2 N–H and O–H groups in total.